The van der Waals surface area contributed by atoms with Crippen molar-refractivity contribution in [3.05, 3.63) is 44.9 Å². The zero-order chi connectivity index (χ0) is 32.2. The Bertz CT molecular complexity index is 1880. The number of methoxy groups -OCH3 is 8. The predicted molar refractivity (Wildman–Crippen MR) is 165 cm³/mol. The van der Waals surface area contributed by atoms with Crippen LogP contribution < -0.4 is 23.7 Å². The van der Waals surface area contributed by atoms with E-state index in [1.165, 1.54) is 56.9 Å². The summed E-state index contributed by atoms with van der Waals surface area (Å²) >= 11 is 3.64. The van der Waals surface area contributed by atoms with Crippen LogP contribution in [0.2, 0.25) is 0 Å². The first kappa shape index (κ1) is 31.2. The minimum absolute atomic E-state index is 0.106. The summed E-state index contributed by atoms with van der Waals surface area (Å²) in [4.78, 5) is 27.4. The van der Waals surface area contributed by atoms with Crippen molar-refractivity contribution in [2.45, 2.75) is 12.7 Å². The number of carbonyl (C=O) groups excluding carboxylic acids is 2. The predicted octanol–water partition coefficient (Wildman–Crippen LogP) is 5.91. The Morgan fingerprint density at radius 2 is 1.36 bits per heavy atom. The van der Waals surface area contributed by atoms with Gasteiger partial charge in [0.05, 0.1) is 63.5 Å². The van der Waals surface area contributed by atoms with Crippen LogP contribution in [0.1, 0.15) is 31.8 Å². The van der Waals surface area contributed by atoms with Crippen LogP contribution in [0.5, 0.6) is 34.5 Å². The number of Topliss-reactive ketones (excluding diaryl/α,β-unsaturated/α-hetero) is 1. The molecule has 1 aliphatic carbocycles. The minimum Gasteiger partial charge on any atom is -0.506 e. The van der Waals surface area contributed by atoms with Gasteiger partial charge in [0.2, 0.25) is 5.78 Å². The van der Waals surface area contributed by atoms with E-state index in [4.69, 9.17) is 37.9 Å². The van der Waals surface area contributed by atoms with Crippen LogP contribution in [0.25, 0.3) is 32.7 Å². The van der Waals surface area contributed by atoms with Crippen molar-refractivity contribution in [2.75, 3.05) is 56.9 Å². The number of aromatic hydroxyl groups is 1. The molecule has 0 unspecified atom stereocenters. The molecule has 0 aromatic heterocycles. The van der Waals surface area contributed by atoms with Crippen LogP contribution >= 0.6 is 15.9 Å². The lowest BCUT2D eigenvalue weighted by Crippen LogP contribution is -2.43. The highest BCUT2D eigenvalue weighted by molar-refractivity contribution is 9.10. The number of phenolic OH excluding ortho intramolecular Hbond substituents is 1. The topological polar surface area (TPSA) is 128 Å². The molecular weight excluding hydrogens is 640 g/mol. The Labute approximate surface area is 261 Å². The third-order valence-electron chi connectivity index (χ3n) is 8.07. The van der Waals surface area contributed by atoms with Crippen molar-refractivity contribution in [1.82, 2.24) is 0 Å². The van der Waals surface area contributed by atoms with Gasteiger partial charge in [-0.15, -0.1) is 0 Å². The molecule has 0 heterocycles. The molecule has 5 rings (SSSR count). The van der Waals surface area contributed by atoms with E-state index in [1.54, 1.807) is 25.1 Å². The quantitative estimate of drug-likeness (QED) is 0.137. The highest BCUT2D eigenvalue weighted by Crippen LogP contribution is 2.59. The number of aryl methyl sites for hydroxylation is 1. The van der Waals surface area contributed by atoms with Gasteiger partial charge in [-0.3, -0.25) is 4.79 Å². The highest BCUT2D eigenvalue weighted by atomic mass is 79.9. The van der Waals surface area contributed by atoms with E-state index < -0.39 is 23.3 Å². The molecule has 4 aromatic carbocycles. The molecule has 0 saturated carbocycles. The molecule has 12 heteroatoms. The number of benzene rings is 4. The third-order valence-corrected chi connectivity index (χ3v) is 8.85. The van der Waals surface area contributed by atoms with E-state index >= 15 is 0 Å². The Morgan fingerprint density at radius 3 is 1.89 bits per heavy atom. The molecule has 11 nitrogen and oxygen atoms in total. The number of hydrogen-bond donors (Lipinski definition) is 1. The molecule has 0 aliphatic heterocycles. The van der Waals surface area contributed by atoms with Crippen molar-refractivity contribution in [3.8, 4) is 45.6 Å². The second-order valence-corrected chi connectivity index (χ2v) is 10.6. The largest absolute Gasteiger partial charge is 0.506 e. The highest BCUT2D eigenvalue weighted by Gasteiger charge is 2.51. The molecule has 0 bridgehead atoms. The first-order valence-electron chi connectivity index (χ1n) is 13.2. The Hall–Kier alpha value is -4.26. The summed E-state index contributed by atoms with van der Waals surface area (Å²) in [7, 11) is 11.2. The number of ether oxygens (including phenoxy) is 8. The fourth-order valence-corrected chi connectivity index (χ4v) is 6.84. The summed E-state index contributed by atoms with van der Waals surface area (Å²) < 4.78 is 46.1. The molecule has 0 amide bonds. The number of halogens is 1. The summed E-state index contributed by atoms with van der Waals surface area (Å²) in [6.45, 7) is 1.68. The maximum atomic E-state index is 14.4. The van der Waals surface area contributed by atoms with Gasteiger partial charge in [0.25, 0.3) is 5.79 Å². The standard InChI is InChI=1S/C32H31BrO11/c1-13-10-16-20(28(40-5)19(13)31(36)42-7)14-11-15-21(26(34)22(14)30(35)32(16,43-8)44-9)29(41-6)23-17(37-2)12-18(38-3)25(33)24(23)27(15)39-4/h10-12,34H,1-9H3. The molecule has 0 fully saturated rings. The maximum absolute atomic E-state index is 14.4. The monoisotopic (exact) mass is 670 g/mol. The molecule has 232 valence electrons. The lowest BCUT2D eigenvalue weighted by Gasteiger charge is -2.37. The van der Waals surface area contributed by atoms with Gasteiger partial charge < -0.3 is 43.0 Å². The molecule has 0 atom stereocenters. The molecule has 1 N–H and O–H groups in total. The van der Waals surface area contributed by atoms with Gasteiger partial charge in [-0.1, -0.05) is 0 Å². The smallest absolute Gasteiger partial charge is 0.341 e. The third kappa shape index (κ3) is 3.94. The summed E-state index contributed by atoms with van der Waals surface area (Å²) in [5.41, 5.74) is 1.26. The lowest BCUT2D eigenvalue weighted by molar-refractivity contribution is -0.176. The van der Waals surface area contributed by atoms with Crippen LogP contribution in [-0.2, 0) is 20.0 Å². The summed E-state index contributed by atoms with van der Waals surface area (Å²) in [6, 6.07) is 4.96. The molecular formula is C32H31BrO11. The average molecular weight is 671 g/mol. The first-order chi connectivity index (χ1) is 21.1. The first-order valence-corrected chi connectivity index (χ1v) is 14.0. The Balaban J connectivity index is 2.12. The van der Waals surface area contributed by atoms with Crippen LogP contribution in [0.15, 0.2) is 22.7 Å². The zero-order valence-corrected chi connectivity index (χ0v) is 27.2. The van der Waals surface area contributed by atoms with E-state index in [-0.39, 0.29) is 44.7 Å². The number of ketones is 1. The maximum Gasteiger partial charge on any atom is 0.341 e. The molecule has 44 heavy (non-hydrogen) atoms. The van der Waals surface area contributed by atoms with Gasteiger partial charge in [0.15, 0.2) is 0 Å². The van der Waals surface area contributed by atoms with Gasteiger partial charge in [-0.05, 0) is 40.5 Å². The van der Waals surface area contributed by atoms with Crippen molar-refractivity contribution >= 4 is 49.2 Å². The molecule has 0 spiro atoms. The summed E-state index contributed by atoms with van der Waals surface area (Å²) in [6.07, 6.45) is 0. The number of rotatable bonds is 8. The second kappa shape index (κ2) is 11.3. The number of esters is 1. The Kier molecular flexibility index (Phi) is 8.04. The number of carbonyl (C=O) groups is 2. The van der Waals surface area contributed by atoms with Crippen molar-refractivity contribution in [1.29, 1.82) is 0 Å². The van der Waals surface area contributed by atoms with Crippen LogP contribution in [0, 0.1) is 6.92 Å². The van der Waals surface area contributed by atoms with E-state index in [9.17, 15) is 14.7 Å². The fourth-order valence-electron chi connectivity index (χ4n) is 6.19. The van der Waals surface area contributed by atoms with E-state index in [1.807, 2.05) is 0 Å². The van der Waals surface area contributed by atoms with Gasteiger partial charge in [-0.2, -0.15) is 0 Å². The van der Waals surface area contributed by atoms with Crippen molar-refractivity contribution in [3.63, 3.8) is 0 Å². The zero-order valence-electron chi connectivity index (χ0n) is 25.6. The van der Waals surface area contributed by atoms with E-state index in [0.717, 1.165) is 0 Å². The number of phenols is 1. The van der Waals surface area contributed by atoms with Gasteiger partial charge in [-0.25, -0.2) is 4.79 Å². The van der Waals surface area contributed by atoms with E-state index in [2.05, 4.69) is 15.9 Å². The van der Waals surface area contributed by atoms with E-state index in [0.29, 0.717) is 43.4 Å². The number of fused-ring (bicyclic) bond motifs is 5. The average Bonchev–Trinajstić information content (AvgIpc) is 3.03. The van der Waals surface area contributed by atoms with Crippen LogP contribution in [0.3, 0.4) is 0 Å². The SMILES string of the molecule is COC(=O)c1c(C)cc2c(c1OC)-c1cc3c(OC)c4c(Br)c(OC)cc(OC)c4c(OC)c3c(O)c1C(=O)C2(OC)OC. The van der Waals surface area contributed by atoms with Crippen molar-refractivity contribution < 1.29 is 52.6 Å². The summed E-state index contributed by atoms with van der Waals surface area (Å²) in [5, 5.41) is 13.6. The van der Waals surface area contributed by atoms with Crippen LogP contribution in [0.4, 0.5) is 0 Å². The molecule has 4 aromatic rings. The van der Waals surface area contributed by atoms with Gasteiger partial charge >= 0.3 is 5.97 Å². The molecule has 0 radical (unpaired) electrons. The van der Waals surface area contributed by atoms with Crippen molar-refractivity contribution in [2.24, 2.45) is 0 Å². The second-order valence-electron chi connectivity index (χ2n) is 9.85. The lowest BCUT2D eigenvalue weighted by atomic mass is 9.76. The molecule has 1 aliphatic rings. The Morgan fingerprint density at radius 1 is 0.750 bits per heavy atom. The van der Waals surface area contributed by atoms with Crippen LogP contribution in [-0.4, -0.2) is 73.7 Å². The number of hydrogen-bond acceptors (Lipinski definition) is 11. The fraction of sp³-hybridized carbons (Fsp3) is 0.312. The van der Waals surface area contributed by atoms with Gasteiger partial charge in [0.1, 0.15) is 40.1 Å². The molecule has 0 saturated heterocycles. The minimum atomic E-state index is -2.00. The normalized spacial score (nSPS) is 13.4. The van der Waals surface area contributed by atoms with Gasteiger partial charge in [0, 0.05) is 47.7 Å². The summed E-state index contributed by atoms with van der Waals surface area (Å²) in [5.74, 6) is -2.30.